The lowest BCUT2D eigenvalue weighted by atomic mass is 10.0. The first-order chi connectivity index (χ1) is 11.2. The summed E-state index contributed by atoms with van der Waals surface area (Å²) in [6.45, 7) is 4.09. The average Bonchev–Trinajstić information content (AvgIpc) is 2.96. The van der Waals surface area contributed by atoms with E-state index in [1.807, 2.05) is 6.92 Å². The lowest BCUT2D eigenvalue weighted by Gasteiger charge is -2.22. The van der Waals surface area contributed by atoms with Crippen molar-refractivity contribution in [2.45, 2.75) is 32.2 Å². The molecule has 0 spiro atoms. The molecule has 3 rings (SSSR count). The molecule has 0 atom stereocenters. The third kappa shape index (κ3) is 3.42. The smallest absolute Gasteiger partial charge is 0.338 e. The molecule has 2 aromatic heterocycles. The molecule has 1 N–H and O–H groups in total. The first-order valence-corrected chi connectivity index (χ1v) is 7.95. The number of methoxy groups -OCH3 is 1. The standard InChI is InChI=1S/C17H22N4O2/c1-12-14(11-21(20-12)15-3-6-18-7-4-15)9-13-10-19-8-5-16(13)17(22)23-2/h5,8,10-11,15,18H,3-4,6-7,9H2,1-2H3. The molecule has 0 amide bonds. The van der Waals surface area contributed by atoms with E-state index in [-0.39, 0.29) is 5.97 Å². The van der Waals surface area contributed by atoms with Crippen LogP contribution in [-0.2, 0) is 11.2 Å². The second-order valence-corrected chi connectivity index (χ2v) is 5.90. The number of aryl methyl sites for hydroxylation is 1. The molecule has 6 nitrogen and oxygen atoms in total. The van der Waals surface area contributed by atoms with Crippen molar-refractivity contribution in [3.05, 3.63) is 47.0 Å². The van der Waals surface area contributed by atoms with Gasteiger partial charge in [0.25, 0.3) is 0 Å². The Balaban J connectivity index is 1.83. The number of esters is 1. The molecule has 1 fully saturated rings. The van der Waals surface area contributed by atoms with Gasteiger partial charge in [0.15, 0.2) is 0 Å². The number of hydrogen-bond acceptors (Lipinski definition) is 5. The highest BCUT2D eigenvalue weighted by atomic mass is 16.5. The Bertz CT molecular complexity index is 690. The summed E-state index contributed by atoms with van der Waals surface area (Å²) in [5, 5.41) is 8.05. The molecule has 2 aromatic rings. The average molecular weight is 314 g/mol. The number of nitrogens with zero attached hydrogens (tertiary/aromatic N) is 3. The second-order valence-electron chi connectivity index (χ2n) is 5.90. The Morgan fingerprint density at radius 2 is 2.17 bits per heavy atom. The summed E-state index contributed by atoms with van der Waals surface area (Å²) < 4.78 is 6.93. The van der Waals surface area contributed by atoms with E-state index >= 15 is 0 Å². The topological polar surface area (TPSA) is 69.0 Å². The quantitative estimate of drug-likeness (QED) is 0.873. The van der Waals surface area contributed by atoms with E-state index in [4.69, 9.17) is 4.74 Å². The number of pyridine rings is 1. The maximum atomic E-state index is 11.9. The molecule has 3 heterocycles. The van der Waals surface area contributed by atoms with Gasteiger partial charge in [0.2, 0.25) is 0 Å². The number of rotatable bonds is 4. The summed E-state index contributed by atoms with van der Waals surface area (Å²) in [7, 11) is 1.40. The minimum Gasteiger partial charge on any atom is -0.465 e. The van der Waals surface area contributed by atoms with Crippen LogP contribution in [0.4, 0.5) is 0 Å². The lowest BCUT2D eigenvalue weighted by molar-refractivity contribution is 0.0599. The first-order valence-electron chi connectivity index (χ1n) is 7.95. The number of nitrogens with one attached hydrogen (secondary N) is 1. The number of ether oxygens (including phenoxy) is 1. The predicted molar refractivity (Wildman–Crippen MR) is 86.5 cm³/mol. The highest BCUT2D eigenvalue weighted by molar-refractivity contribution is 5.90. The van der Waals surface area contributed by atoms with E-state index in [0.29, 0.717) is 18.0 Å². The van der Waals surface area contributed by atoms with Crippen molar-refractivity contribution in [3.8, 4) is 0 Å². The summed E-state index contributed by atoms with van der Waals surface area (Å²) in [5.41, 5.74) is 3.56. The molecule has 0 radical (unpaired) electrons. The number of carbonyl (C=O) groups is 1. The molecule has 23 heavy (non-hydrogen) atoms. The molecule has 1 aliphatic rings. The van der Waals surface area contributed by atoms with Crippen LogP contribution in [0.1, 0.15) is 46.1 Å². The minimum atomic E-state index is -0.328. The first kappa shape index (κ1) is 15.7. The van der Waals surface area contributed by atoms with Crippen LogP contribution in [0.3, 0.4) is 0 Å². The Hall–Kier alpha value is -2.21. The SMILES string of the molecule is COC(=O)c1ccncc1Cc1cn(C2CCNCC2)nc1C. The van der Waals surface area contributed by atoms with Crippen molar-refractivity contribution >= 4 is 5.97 Å². The van der Waals surface area contributed by atoms with Crippen LogP contribution < -0.4 is 5.32 Å². The molecule has 0 bridgehead atoms. The van der Waals surface area contributed by atoms with E-state index in [1.54, 1.807) is 18.5 Å². The monoisotopic (exact) mass is 314 g/mol. The zero-order chi connectivity index (χ0) is 16.2. The molecule has 0 aromatic carbocycles. The molecule has 6 heteroatoms. The second kappa shape index (κ2) is 6.91. The zero-order valence-corrected chi connectivity index (χ0v) is 13.6. The molecule has 0 unspecified atom stereocenters. The molecular weight excluding hydrogens is 292 g/mol. The van der Waals surface area contributed by atoms with Crippen molar-refractivity contribution in [1.82, 2.24) is 20.1 Å². The Morgan fingerprint density at radius 3 is 2.91 bits per heavy atom. The zero-order valence-electron chi connectivity index (χ0n) is 13.6. The maximum absolute atomic E-state index is 11.9. The molecule has 1 aliphatic heterocycles. The van der Waals surface area contributed by atoms with Gasteiger partial charge in [-0.25, -0.2) is 4.79 Å². The van der Waals surface area contributed by atoms with Gasteiger partial charge in [0, 0.05) is 25.0 Å². The van der Waals surface area contributed by atoms with E-state index in [0.717, 1.165) is 42.8 Å². The highest BCUT2D eigenvalue weighted by Crippen LogP contribution is 2.22. The number of aromatic nitrogens is 3. The summed E-state index contributed by atoms with van der Waals surface area (Å²) >= 11 is 0. The van der Waals surface area contributed by atoms with Crippen LogP contribution in [0.2, 0.25) is 0 Å². The van der Waals surface area contributed by atoms with Crippen molar-refractivity contribution in [3.63, 3.8) is 0 Å². The van der Waals surface area contributed by atoms with E-state index in [1.165, 1.54) is 7.11 Å². The Morgan fingerprint density at radius 1 is 1.39 bits per heavy atom. The van der Waals surface area contributed by atoms with Gasteiger partial charge in [-0.15, -0.1) is 0 Å². The summed E-state index contributed by atoms with van der Waals surface area (Å²) in [4.78, 5) is 16.0. The fourth-order valence-corrected chi connectivity index (χ4v) is 3.03. The number of hydrogen-bond donors (Lipinski definition) is 1. The van der Waals surface area contributed by atoms with Crippen LogP contribution in [0.25, 0.3) is 0 Å². The minimum absolute atomic E-state index is 0.328. The van der Waals surface area contributed by atoms with Gasteiger partial charge >= 0.3 is 5.97 Å². The van der Waals surface area contributed by atoms with Crippen molar-refractivity contribution in [2.75, 3.05) is 20.2 Å². The Labute approximate surface area is 135 Å². The van der Waals surface area contributed by atoms with Crippen molar-refractivity contribution in [2.24, 2.45) is 0 Å². The van der Waals surface area contributed by atoms with Gasteiger partial charge < -0.3 is 10.1 Å². The van der Waals surface area contributed by atoms with Crippen molar-refractivity contribution < 1.29 is 9.53 Å². The molecule has 122 valence electrons. The van der Waals surface area contributed by atoms with Gasteiger partial charge in [-0.1, -0.05) is 0 Å². The van der Waals surface area contributed by atoms with E-state index in [9.17, 15) is 4.79 Å². The fourth-order valence-electron chi connectivity index (χ4n) is 3.03. The van der Waals surface area contributed by atoms with Crippen LogP contribution in [0.5, 0.6) is 0 Å². The fraction of sp³-hybridized carbons (Fsp3) is 0.471. The predicted octanol–water partition coefficient (Wildman–Crippen LogP) is 1.89. The van der Waals surface area contributed by atoms with E-state index < -0.39 is 0 Å². The number of carbonyl (C=O) groups excluding carboxylic acids is 1. The molecule has 0 aliphatic carbocycles. The highest BCUT2D eigenvalue weighted by Gasteiger charge is 2.19. The normalized spacial score (nSPS) is 15.6. The van der Waals surface area contributed by atoms with Gasteiger partial charge in [-0.2, -0.15) is 5.10 Å². The van der Waals surface area contributed by atoms with Gasteiger partial charge in [-0.3, -0.25) is 9.67 Å². The molecule has 0 saturated carbocycles. The third-order valence-electron chi connectivity index (χ3n) is 4.39. The largest absolute Gasteiger partial charge is 0.465 e. The number of piperidine rings is 1. The maximum Gasteiger partial charge on any atom is 0.338 e. The molecule has 1 saturated heterocycles. The van der Waals surface area contributed by atoms with Gasteiger partial charge in [0.05, 0.1) is 24.4 Å². The van der Waals surface area contributed by atoms with Crippen LogP contribution >= 0.6 is 0 Å². The third-order valence-corrected chi connectivity index (χ3v) is 4.39. The summed E-state index contributed by atoms with van der Waals surface area (Å²) in [6, 6.07) is 2.16. The van der Waals surface area contributed by atoms with E-state index in [2.05, 4.69) is 26.3 Å². The Kier molecular flexibility index (Phi) is 4.71. The van der Waals surface area contributed by atoms with Crippen LogP contribution in [0, 0.1) is 6.92 Å². The molecular formula is C17H22N4O2. The van der Waals surface area contributed by atoms with Crippen LogP contribution in [-0.4, -0.2) is 40.9 Å². The van der Waals surface area contributed by atoms with Gasteiger partial charge in [-0.05, 0) is 50.0 Å². The lowest BCUT2D eigenvalue weighted by Crippen LogP contribution is -2.29. The summed E-state index contributed by atoms with van der Waals surface area (Å²) in [5.74, 6) is -0.328. The summed E-state index contributed by atoms with van der Waals surface area (Å²) in [6.07, 6.45) is 8.28. The van der Waals surface area contributed by atoms with Crippen LogP contribution in [0.15, 0.2) is 24.7 Å². The van der Waals surface area contributed by atoms with Crippen molar-refractivity contribution in [1.29, 1.82) is 0 Å². The van der Waals surface area contributed by atoms with Gasteiger partial charge in [0.1, 0.15) is 0 Å².